The van der Waals surface area contributed by atoms with Gasteiger partial charge in [0.05, 0.1) is 11.1 Å². The van der Waals surface area contributed by atoms with Crippen molar-refractivity contribution in [3.63, 3.8) is 0 Å². The third kappa shape index (κ3) is 2.73. The predicted octanol–water partition coefficient (Wildman–Crippen LogP) is 1.65. The highest BCUT2D eigenvalue weighted by Crippen LogP contribution is 2.27. The van der Waals surface area contributed by atoms with Crippen LogP contribution in [0.5, 0.6) is 0 Å². The van der Waals surface area contributed by atoms with E-state index in [0.717, 1.165) is 0 Å². The summed E-state index contributed by atoms with van der Waals surface area (Å²) in [6, 6.07) is 6.32. The molecule has 0 bridgehead atoms. The molecule has 0 unspecified atom stereocenters. The fourth-order valence-electron chi connectivity index (χ4n) is 2.32. The van der Waals surface area contributed by atoms with Crippen LogP contribution in [0.2, 0.25) is 0 Å². The van der Waals surface area contributed by atoms with Gasteiger partial charge in [0.2, 0.25) is 0 Å². The summed E-state index contributed by atoms with van der Waals surface area (Å²) in [6.07, 6.45) is 3.23. The number of fused-ring (bicyclic) bond motifs is 1. The SMILES string of the molecule is [2H]C([2H])([2H])n1c(=O)nc(NC(C)(C)c2ncccn2)c2cc(N)ccc21. The number of benzene rings is 1. The maximum absolute atomic E-state index is 12.4. The number of aromatic nitrogens is 4. The van der Waals surface area contributed by atoms with Crippen molar-refractivity contribution in [2.75, 3.05) is 11.1 Å². The predicted molar refractivity (Wildman–Crippen MR) is 90.1 cm³/mol. The highest BCUT2D eigenvalue weighted by atomic mass is 16.1. The van der Waals surface area contributed by atoms with Crippen LogP contribution in [-0.4, -0.2) is 19.5 Å². The van der Waals surface area contributed by atoms with Gasteiger partial charge in [-0.3, -0.25) is 4.57 Å². The summed E-state index contributed by atoms with van der Waals surface area (Å²) >= 11 is 0. The molecule has 0 atom stereocenters. The van der Waals surface area contributed by atoms with Crippen LogP contribution in [0, 0.1) is 0 Å². The molecular weight excluding hydrogens is 292 g/mol. The minimum absolute atomic E-state index is 0.214. The Morgan fingerprint density at radius 1 is 1.30 bits per heavy atom. The second-order valence-electron chi connectivity index (χ2n) is 5.68. The molecule has 0 aliphatic heterocycles. The Bertz CT molecular complexity index is 1010. The first-order chi connectivity index (χ1) is 12.1. The number of nitrogens with zero attached hydrogens (tertiary/aromatic N) is 4. The van der Waals surface area contributed by atoms with Crippen molar-refractivity contribution in [1.29, 1.82) is 0 Å². The molecule has 3 rings (SSSR count). The number of hydrogen-bond acceptors (Lipinski definition) is 6. The first-order valence-corrected chi connectivity index (χ1v) is 6.98. The molecule has 0 aliphatic rings. The summed E-state index contributed by atoms with van der Waals surface area (Å²) in [4.78, 5) is 24.8. The van der Waals surface area contributed by atoms with Gasteiger partial charge < -0.3 is 11.1 Å². The van der Waals surface area contributed by atoms with Gasteiger partial charge >= 0.3 is 5.69 Å². The van der Waals surface area contributed by atoms with Crippen molar-refractivity contribution in [3.8, 4) is 0 Å². The lowest BCUT2D eigenvalue weighted by molar-refractivity contribution is 0.559. The zero-order chi connectivity index (χ0) is 19.1. The maximum Gasteiger partial charge on any atom is 0.349 e. The van der Waals surface area contributed by atoms with Gasteiger partial charge in [0.15, 0.2) is 5.82 Å². The topological polar surface area (TPSA) is 98.7 Å². The standard InChI is InChI=1S/C16H18N6O/c1-16(2,14-18-7-4-8-19-14)21-13-11-9-10(17)5-6-12(11)22(3)15(23)20-13/h4-9H,17H2,1-3H3,(H,20,21,23)/i3D3. The molecule has 0 aliphatic carbocycles. The minimum Gasteiger partial charge on any atom is -0.399 e. The molecule has 23 heavy (non-hydrogen) atoms. The number of nitrogen functional groups attached to an aromatic ring is 1. The van der Waals surface area contributed by atoms with Crippen LogP contribution < -0.4 is 16.7 Å². The van der Waals surface area contributed by atoms with E-state index in [1.807, 2.05) is 13.8 Å². The second kappa shape index (κ2) is 5.35. The van der Waals surface area contributed by atoms with E-state index in [4.69, 9.17) is 9.85 Å². The average molecular weight is 313 g/mol. The molecule has 7 heteroatoms. The maximum atomic E-state index is 12.4. The van der Waals surface area contributed by atoms with Crippen LogP contribution in [0.4, 0.5) is 11.5 Å². The largest absolute Gasteiger partial charge is 0.399 e. The van der Waals surface area contributed by atoms with E-state index in [0.29, 0.717) is 21.5 Å². The van der Waals surface area contributed by atoms with Crippen molar-refractivity contribution in [2.24, 2.45) is 6.98 Å². The highest BCUT2D eigenvalue weighted by molar-refractivity contribution is 5.91. The van der Waals surface area contributed by atoms with Gasteiger partial charge in [-0.05, 0) is 38.1 Å². The molecule has 0 amide bonds. The van der Waals surface area contributed by atoms with Crippen molar-refractivity contribution >= 4 is 22.4 Å². The Labute approximate surface area is 137 Å². The van der Waals surface area contributed by atoms with E-state index in [-0.39, 0.29) is 11.3 Å². The van der Waals surface area contributed by atoms with Crippen LogP contribution in [0.15, 0.2) is 41.5 Å². The molecule has 0 saturated heterocycles. The zero-order valence-corrected chi connectivity index (χ0v) is 12.7. The molecule has 3 N–H and O–H groups in total. The molecule has 0 saturated carbocycles. The van der Waals surface area contributed by atoms with Gasteiger partial charge in [0.1, 0.15) is 5.82 Å². The van der Waals surface area contributed by atoms with Crippen LogP contribution in [0.3, 0.4) is 0 Å². The normalized spacial score (nSPS) is 14.1. The minimum atomic E-state index is -2.66. The molecule has 0 fully saturated rings. The molecule has 1 aromatic carbocycles. The van der Waals surface area contributed by atoms with Crippen molar-refractivity contribution in [3.05, 3.63) is 53.0 Å². The number of nitrogens with one attached hydrogen (secondary N) is 1. The lowest BCUT2D eigenvalue weighted by Gasteiger charge is -2.26. The van der Waals surface area contributed by atoms with E-state index >= 15 is 0 Å². The van der Waals surface area contributed by atoms with Crippen LogP contribution in [0.1, 0.15) is 23.8 Å². The quantitative estimate of drug-likeness (QED) is 0.713. The smallest absolute Gasteiger partial charge is 0.349 e. The summed E-state index contributed by atoms with van der Waals surface area (Å²) in [6.45, 7) is 1.00. The van der Waals surface area contributed by atoms with E-state index in [2.05, 4.69) is 20.3 Å². The van der Waals surface area contributed by atoms with E-state index in [9.17, 15) is 4.79 Å². The molecule has 3 aromatic rings. The van der Waals surface area contributed by atoms with Crippen LogP contribution in [0.25, 0.3) is 10.9 Å². The Balaban J connectivity index is 2.22. The number of anilines is 2. The number of nitrogens with two attached hydrogens (primary N) is 1. The molecule has 7 nitrogen and oxygen atoms in total. The van der Waals surface area contributed by atoms with Crippen molar-refractivity contribution in [1.82, 2.24) is 19.5 Å². The third-order valence-electron chi connectivity index (χ3n) is 3.47. The van der Waals surface area contributed by atoms with Gasteiger partial charge in [-0.2, -0.15) is 4.98 Å². The Kier molecular flexibility index (Phi) is 2.69. The molecule has 2 heterocycles. The average Bonchev–Trinajstić information content (AvgIpc) is 2.54. The fraction of sp³-hybridized carbons (Fsp3) is 0.250. The summed E-state index contributed by atoms with van der Waals surface area (Å²) in [7, 11) is 0. The van der Waals surface area contributed by atoms with Gasteiger partial charge in [-0.15, -0.1) is 0 Å². The van der Waals surface area contributed by atoms with Crippen molar-refractivity contribution < 1.29 is 4.11 Å². The van der Waals surface area contributed by atoms with E-state index in [1.165, 1.54) is 6.07 Å². The first kappa shape index (κ1) is 11.6. The third-order valence-corrected chi connectivity index (χ3v) is 3.47. The Hall–Kier alpha value is -2.96. The second-order valence-corrected chi connectivity index (χ2v) is 5.68. The van der Waals surface area contributed by atoms with Gasteiger partial charge in [-0.25, -0.2) is 14.8 Å². The van der Waals surface area contributed by atoms with E-state index < -0.39 is 18.2 Å². The van der Waals surface area contributed by atoms with Gasteiger partial charge in [0.25, 0.3) is 0 Å². The fourth-order valence-corrected chi connectivity index (χ4v) is 2.32. The summed E-state index contributed by atoms with van der Waals surface area (Å²) in [5.74, 6) is 0.717. The van der Waals surface area contributed by atoms with E-state index in [1.54, 1.807) is 30.6 Å². The van der Waals surface area contributed by atoms with Crippen LogP contribution in [-0.2, 0) is 12.5 Å². The van der Waals surface area contributed by atoms with Gasteiger partial charge in [0, 0.05) is 34.6 Å². The number of hydrogen-bond donors (Lipinski definition) is 2. The van der Waals surface area contributed by atoms with Gasteiger partial charge in [-0.1, -0.05) is 0 Å². The molecule has 0 spiro atoms. The number of aryl methyl sites for hydroxylation is 1. The Morgan fingerprint density at radius 3 is 2.74 bits per heavy atom. The van der Waals surface area contributed by atoms with Crippen molar-refractivity contribution in [2.45, 2.75) is 19.4 Å². The molecular formula is C16H18N6O. The lowest BCUT2D eigenvalue weighted by Crippen LogP contribution is -2.33. The monoisotopic (exact) mass is 313 g/mol. The van der Waals surface area contributed by atoms with Crippen LogP contribution >= 0.6 is 0 Å². The zero-order valence-electron chi connectivity index (χ0n) is 15.7. The highest BCUT2D eigenvalue weighted by Gasteiger charge is 2.25. The molecule has 0 radical (unpaired) electrons. The molecule has 2 aromatic heterocycles. The number of rotatable bonds is 3. The lowest BCUT2D eigenvalue weighted by atomic mass is 10.0. The summed E-state index contributed by atoms with van der Waals surface area (Å²) in [5.41, 5.74) is 4.85. The molecule has 118 valence electrons. The summed E-state index contributed by atoms with van der Waals surface area (Å²) in [5, 5.41) is 3.56. The first-order valence-electron chi connectivity index (χ1n) is 8.48. The Morgan fingerprint density at radius 2 is 2.04 bits per heavy atom. The summed E-state index contributed by atoms with van der Waals surface area (Å²) < 4.78 is 23.5.